The first-order chi connectivity index (χ1) is 14.1. The van der Waals surface area contributed by atoms with Gasteiger partial charge in [-0.25, -0.2) is 0 Å². The van der Waals surface area contributed by atoms with Crippen molar-refractivity contribution >= 4 is 11.6 Å². The zero-order chi connectivity index (χ0) is 20.9. The van der Waals surface area contributed by atoms with Crippen molar-refractivity contribution in [2.24, 2.45) is 0 Å². The predicted molar refractivity (Wildman–Crippen MR) is 112 cm³/mol. The van der Waals surface area contributed by atoms with Gasteiger partial charge in [-0.05, 0) is 42.7 Å². The van der Waals surface area contributed by atoms with Crippen LogP contribution in [0.3, 0.4) is 0 Å². The van der Waals surface area contributed by atoms with E-state index in [4.69, 9.17) is 18.9 Å². The minimum atomic E-state index is -0.622. The van der Waals surface area contributed by atoms with Crippen molar-refractivity contribution in [2.45, 2.75) is 37.5 Å². The molecule has 1 saturated carbocycles. The Balaban J connectivity index is 1.98. The number of carbonyl (C=O) groups is 1. The van der Waals surface area contributed by atoms with Gasteiger partial charge < -0.3 is 24.3 Å². The summed E-state index contributed by atoms with van der Waals surface area (Å²) < 4.78 is 21.5. The van der Waals surface area contributed by atoms with Crippen molar-refractivity contribution in [3.8, 4) is 23.0 Å². The smallest absolute Gasteiger partial charge is 0.235 e. The van der Waals surface area contributed by atoms with Gasteiger partial charge in [-0.3, -0.25) is 4.79 Å². The molecule has 0 aromatic heterocycles. The molecule has 156 valence electrons. The Morgan fingerprint density at radius 3 is 2.10 bits per heavy atom. The number of amides is 1. The molecule has 1 N–H and O–H groups in total. The Kier molecular flexibility index (Phi) is 6.52. The molecule has 0 bridgehead atoms. The third-order valence-electron chi connectivity index (χ3n) is 5.73. The highest BCUT2D eigenvalue weighted by atomic mass is 16.5. The van der Waals surface area contributed by atoms with Crippen LogP contribution in [0, 0.1) is 0 Å². The van der Waals surface area contributed by atoms with Gasteiger partial charge in [0.1, 0.15) is 11.5 Å². The maximum Gasteiger partial charge on any atom is 0.235 e. The molecule has 6 heteroatoms. The number of hydrogen-bond acceptors (Lipinski definition) is 5. The van der Waals surface area contributed by atoms with Crippen molar-refractivity contribution in [3.05, 3.63) is 42.0 Å². The first-order valence-electron chi connectivity index (χ1n) is 9.84. The van der Waals surface area contributed by atoms with Gasteiger partial charge in [0.05, 0.1) is 39.5 Å². The van der Waals surface area contributed by atoms with Gasteiger partial charge in [0.15, 0.2) is 11.5 Å². The van der Waals surface area contributed by atoms with Crippen LogP contribution < -0.4 is 24.3 Å². The number of nitrogens with one attached hydrogen (secondary N) is 1. The second-order valence-corrected chi connectivity index (χ2v) is 7.23. The van der Waals surface area contributed by atoms with Gasteiger partial charge in [0, 0.05) is 6.07 Å². The summed E-state index contributed by atoms with van der Waals surface area (Å²) in [4.78, 5) is 13.6. The van der Waals surface area contributed by atoms with Crippen molar-refractivity contribution in [1.82, 2.24) is 0 Å². The Hall–Kier alpha value is -2.89. The molecule has 29 heavy (non-hydrogen) atoms. The quantitative estimate of drug-likeness (QED) is 0.739. The molecule has 1 fully saturated rings. The topological polar surface area (TPSA) is 66.0 Å². The Morgan fingerprint density at radius 1 is 0.793 bits per heavy atom. The van der Waals surface area contributed by atoms with Crippen LogP contribution >= 0.6 is 0 Å². The van der Waals surface area contributed by atoms with E-state index in [1.807, 2.05) is 24.3 Å². The van der Waals surface area contributed by atoms with Gasteiger partial charge in [-0.1, -0.05) is 25.3 Å². The van der Waals surface area contributed by atoms with Crippen LogP contribution in [0.15, 0.2) is 36.4 Å². The maximum absolute atomic E-state index is 13.6. The van der Waals surface area contributed by atoms with E-state index in [2.05, 4.69) is 5.32 Å². The van der Waals surface area contributed by atoms with E-state index in [-0.39, 0.29) is 5.91 Å². The molecule has 0 radical (unpaired) electrons. The first-order valence-corrected chi connectivity index (χ1v) is 9.84. The minimum Gasteiger partial charge on any atom is -0.497 e. The fourth-order valence-corrected chi connectivity index (χ4v) is 4.08. The molecule has 0 unspecified atom stereocenters. The zero-order valence-corrected chi connectivity index (χ0v) is 17.5. The van der Waals surface area contributed by atoms with Crippen LogP contribution in [0.25, 0.3) is 0 Å². The van der Waals surface area contributed by atoms with Gasteiger partial charge >= 0.3 is 0 Å². The lowest BCUT2D eigenvalue weighted by molar-refractivity contribution is -0.122. The first kappa shape index (κ1) is 20.8. The summed E-state index contributed by atoms with van der Waals surface area (Å²) in [6, 6.07) is 11.1. The van der Waals surface area contributed by atoms with Crippen LogP contribution in [-0.4, -0.2) is 34.3 Å². The molecular weight excluding hydrogens is 370 g/mol. The van der Waals surface area contributed by atoms with Crippen LogP contribution in [0.5, 0.6) is 23.0 Å². The molecule has 0 spiro atoms. The van der Waals surface area contributed by atoms with Crippen LogP contribution in [0.4, 0.5) is 5.69 Å². The molecule has 3 rings (SSSR count). The third kappa shape index (κ3) is 4.11. The number of benzene rings is 2. The summed E-state index contributed by atoms with van der Waals surface area (Å²) in [5.74, 6) is 2.49. The SMILES string of the molecule is COc1ccc(NC(=O)C2(c3ccc(OC)c(OC)c3)CCCCC2)c(OC)c1. The zero-order valence-electron chi connectivity index (χ0n) is 17.5. The second kappa shape index (κ2) is 9.07. The van der Waals surface area contributed by atoms with Crippen LogP contribution in [-0.2, 0) is 10.2 Å². The standard InChI is InChI=1S/C23H29NO5/c1-26-17-9-10-18(20(15-17)28-3)24-22(25)23(12-6-5-7-13-23)16-8-11-19(27-2)21(14-16)29-4/h8-11,14-15H,5-7,12-13H2,1-4H3,(H,24,25). The molecule has 1 aliphatic carbocycles. The molecule has 1 aliphatic rings. The van der Waals surface area contributed by atoms with E-state index in [0.717, 1.165) is 37.7 Å². The summed E-state index contributed by atoms with van der Waals surface area (Å²) in [5.41, 5.74) is 0.950. The highest BCUT2D eigenvalue weighted by Gasteiger charge is 2.42. The summed E-state index contributed by atoms with van der Waals surface area (Å²) in [5, 5.41) is 3.10. The predicted octanol–water partition coefficient (Wildman–Crippen LogP) is 4.56. The molecule has 0 saturated heterocycles. The largest absolute Gasteiger partial charge is 0.497 e. The number of carbonyl (C=O) groups excluding carboxylic acids is 1. The van der Waals surface area contributed by atoms with E-state index in [0.29, 0.717) is 28.7 Å². The minimum absolute atomic E-state index is 0.0344. The molecule has 0 heterocycles. The van der Waals surface area contributed by atoms with Gasteiger partial charge in [-0.15, -0.1) is 0 Å². The summed E-state index contributed by atoms with van der Waals surface area (Å²) >= 11 is 0. The second-order valence-electron chi connectivity index (χ2n) is 7.23. The molecule has 1 amide bonds. The highest BCUT2D eigenvalue weighted by Crippen LogP contribution is 2.43. The van der Waals surface area contributed by atoms with E-state index in [1.165, 1.54) is 0 Å². The average molecular weight is 399 g/mol. The number of rotatable bonds is 7. The van der Waals surface area contributed by atoms with Crippen LogP contribution in [0.2, 0.25) is 0 Å². The lowest BCUT2D eigenvalue weighted by Gasteiger charge is -2.36. The van der Waals surface area contributed by atoms with E-state index < -0.39 is 5.41 Å². The Morgan fingerprint density at radius 2 is 1.48 bits per heavy atom. The number of hydrogen-bond donors (Lipinski definition) is 1. The summed E-state index contributed by atoms with van der Waals surface area (Å²) in [7, 11) is 6.39. The summed E-state index contributed by atoms with van der Waals surface area (Å²) in [6.45, 7) is 0. The van der Waals surface area contributed by atoms with Crippen LogP contribution in [0.1, 0.15) is 37.7 Å². The Bertz CT molecular complexity index is 858. The highest BCUT2D eigenvalue weighted by molar-refractivity contribution is 6.00. The van der Waals surface area contributed by atoms with E-state index in [1.54, 1.807) is 40.6 Å². The van der Waals surface area contributed by atoms with Gasteiger partial charge in [0.2, 0.25) is 5.91 Å². The van der Waals surface area contributed by atoms with Crippen molar-refractivity contribution < 1.29 is 23.7 Å². The molecule has 2 aromatic carbocycles. The normalized spacial score (nSPS) is 15.3. The molecule has 0 aliphatic heterocycles. The monoisotopic (exact) mass is 399 g/mol. The number of anilines is 1. The van der Waals surface area contributed by atoms with E-state index >= 15 is 0 Å². The lowest BCUT2D eigenvalue weighted by Crippen LogP contribution is -2.42. The molecule has 2 aromatic rings. The lowest BCUT2D eigenvalue weighted by atomic mass is 9.68. The molecular formula is C23H29NO5. The van der Waals surface area contributed by atoms with Gasteiger partial charge in [0.25, 0.3) is 0 Å². The fourth-order valence-electron chi connectivity index (χ4n) is 4.08. The molecule has 6 nitrogen and oxygen atoms in total. The molecule has 0 atom stereocenters. The van der Waals surface area contributed by atoms with Crippen molar-refractivity contribution in [3.63, 3.8) is 0 Å². The average Bonchev–Trinajstić information content (AvgIpc) is 2.79. The number of methoxy groups -OCH3 is 4. The number of ether oxygens (including phenoxy) is 4. The summed E-state index contributed by atoms with van der Waals surface area (Å²) in [6.07, 6.45) is 4.71. The van der Waals surface area contributed by atoms with E-state index in [9.17, 15) is 4.79 Å². The van der Waals surface area contributed by atoms with Gasteiger partial charge in [-0.2, -0.15) is 0 Å². The Labute approximate surface area is 172 Å². The van der Waals surface area contributed by atoms with Crippen molar-refractivity contribution in [2.75, 3.05) is 33.8 Å². The van der Waals surface area contributed by atoms with Crippen molar-refractivity contribution in [1.29, 1.82) is 0 Å². The third-order valence-corrected chi connectivity index (χ3v) is 5.73. The fraction of sp³-hybridized carbons (Fsp3) is 0.435. The maximum atomic E-state index is 13.6.